The fourth-order valence-corrected chi connectivity index (χ4v) is 2.08. The smallest absolute Gasteiger partial charge is 0.242 e. The molecule has 8 heteroatoms. The van der Waals surface area contributed by atoms with Gasteiger partial charge in [-0.05, 0) is 19.1 Å². The Kier molecular flexibility index (Phi) is 5.05. The summed E-state index contributed by atoms with van der Waals surface area (Å²) in [6.45, 7) is 2.32. The predicted octanol–water partition coefficient (Wildman–Crippen LogP) is -0.462. The van der Waals surface area contributed by atoms with Crippen LogP contribution >= 0.6 is 0 Å². The van der Waals surface area contributed by atoms with E-state index >= 15 is 0 Å². The molecule has 1 heterocycles. The molecule has 0 aliphatic heterocycles. The normalized spacial score (nSPS) is 11.0. The van der Waals surface area contributed by atoms with E-state index < -0.39 is 15.9 Å². The Morgan fingerprint density at radius 1 is 1.39 bits per heavy atom. The largest absolute Gasteiger partial charge is 0.370 e. The van der Waals surface area contributed by atoms with Crippen molar-refractivity contribution >= 4 is 21.7 Å². The summed E-state index contributed by atoms with van der Waals surface area (Å²) in [6.07, 6.45) is 1.24. The summed E-state index contributed by atoms with van der Waals surface area (Å²) in [5, 5.41) is 5.28. The Balaban J connectivity index is 2.75. The summed E-state index contributed by atoms with van der Waals surface area (Å²) >= 11 is 0. The molecule has 18 heavy (non-hydrogen) atoms. The highest BCUT2D eigenvalue weighted by atomic mass is 32.2. The zero-order valence-corrected chi connectivity index (χ0v) is 11.0. The predicted molar refractivity (Wildman–Crippen MR) is 67.7 cm³/mol. The van der Waals surface area contributed by atoms with Gasteiger partial charge in [0, 0.05) is 19.8 Å². The van der Waals surface area contributed by atoms with E-state index in [0.29, 0.717) is 12.4 Å². The lowest BCUT2D eigenvalue weighted by Crippen LogP contribution is -2.35. The van der Waals surface area contributed by atoms with Gasteiger partial charge in [-0.25, -0.2) is 18.1 Å². The second kappa shape index (κ2) is 6.31. The fraction of sp³-hybridized carbons (Fsp3) is 0.400. The molecule has 1 amide bonds. The van der Waals surface area contributed by atoms with Gasteiger partial charge in [-0.3, -0.25) is 4.79 Å². The van der Waals surface area contributed by atoms with Crippen LogP contribution in [0.25, 0.3) is 0 Å². The number of hydrogen-bond acceptors (Lipinski definition) is 5. The molecule has 0 unspecified atom stereocenters. The average Bonchev–Trinajstić information content (AvgIpc) is 2.37. The molecule has 0 saturated heterocycles. The zero-order chi connectivity index (χ0) is 13.6. The molecule has 7 nitrogen and oxygen atoms in total. The van der Waals surface area contributed by atoms with Crippen molar-refractivity contribution in [3.63, 3.8) is 0 Å². The topological polar surface area (TPSA) is 100 Å². The number of rotatable bonds is 6. The van der Waals surface area contributed by atoms with Crippen molar-refractivity contribution < 1.29 is 13.2 Å². The number of aromatic nitrogens is 1. The van der Waals surface area contributed by atoms with Crippen LogP contribution in [0, 0.1) is 0 Å². The van der Waals surface area contributed by atoms with Gasteiger partial charge in [-0.1, -0.05) is 0 Å². The summed E-state index contributed by atoms with van der Waals surface area (Å²) in [5.74, 6) is 0.193. The van der Waals surface area contributed by atoms with E-state index in [9.17, 15) is 13.2 Å². The van der Waals surface area contributed by atoms with E-state index in [1.807, 2.05) is 6.92 Å². The number of hydrogen-bond donors (Lipinski definition) is 3. The van der Waals surface area contributed by atoms with E-state index in [-0.39, 0.29) is 11.4 Å². The third-order valence-electron chi connectivity index (χ3n) is 2.11. The molecule has 0 atom stereocenters. The van der Waals surface area contributed by atoms with Crippen LogP contribution in [0.3, 0.4) is 0 Å². The summed E-state index contributed by atoms with van der Waals surface area (Å²) in [6, 6.07) is 3.00. The lowest BCUT2D eigenvalue weighted by Gasteiger charge is -2.07. The van der Waals surface area contributed by atoms with E-state index in [0.717, 1.165) is 0 Å². The van der Waals surface area contributed by atoms with Crippen LogP contribution < -0.4 is 15.4 Å². The maximum Gasteiger partial charge on any atom is 0.242 e. The van der Waals surface area contributed by atoms with E-state index in [2.05, 4.69) is 20.3 Å². The van der Waals surface area contributed by atoms with Crippen LogP contribution in [0.5, 0.6) is 0 Å². The number of anilines is 1. The molecule has 0 saturated carbocycles. The number of nitrogens with one attached hydrogen (secondary N) is 3. The second-order valence-corrected chi connectivity index (χ2v) is 5.17. The third-order valence-corrected chi connectivity index (χ3v) is 3.49. The number of nitrogens with zero attached hydrogens (tertiary/aromatic N) is 1. The van der Waals surface area contributed by atoms with Crippen molar-refractivity contribution in [1.82, 2.24) is 15.0 Å². The number of likely N-dealkylation sites (N-methyl/N-ethyl adjacent to an activating group) is 1. The van der Waals surface area contributed by atoms with Gasteiger partial charge in [0.05, 0.1) is 6.54 Å². The Hall–Kier alpha value is -1.67. The second-order valence-electron chi connectivity index (χ2n) is 3.41. The van der Waals surface area contributed by atoms with Crippen molar-refractivity contribution in [2.24, 2.45) is 0 Å². The first-order chi connectivity index (χ1) is 8.49. The van der Waals surface area contributed by atoms with Gasteiger partial charge in [0.1, 0.15) is 10.7 Å². The summed E-state index contributed by atoms with van der Waals surface area (Å²) in [4.78, 5) is 14.9. The Labute approximate surface area is 106 Å². The van der Waals surface area contributed by atoms with Gasteiger partial charge >= 0.3 is 0 Å². The third kappa shape index (κ3) is 3.97. The van der Waals surface area contributed by atoms with Crippen LogP contribution in [0.2, 0.25) is 0 Å². The number of carbonyl (C=O) groups excluding carboxylic acids is 1. The molecule has 1 aromatic rings. The molecule has 0 bridgehead atoms. The van der Waals surface area contributed by atoms with E-state index in [1.54, 1.807) is 6.07 Å². The molecule has 1 aromatic heterocycles. The molecule has 0 aliphatic carbocycles. The van der Waals surface area contributed by atoms with Gasteiger partial charge in [0.15, 0.2) is 0 Å². The lowest BCUT2D eigenvalue weighted by molar-refractivity contribution is -0.119. The van der Waals surface area contributed by atoms with Crippen LogP contribution in [-0.2, 0) is 14.8 Å². The minimum atomic E-state index is -3.70. The highest BCUT2D eigenvalue weighted by molar-refractivity contribution is 7.89. The minimum Gasteiger partial charge on any atom is -0.370 e. The van der Waals surface area contributed by atoms with Gasteiger partial charge in [-0.2, -0.15) is 0 Å². The maximum atomic E-state index is 11.8. The number of sulfonamides is 1. The lowest BCUT2D eigenvalue weighted by atomic mass is 10.4. The summed E-state index contributed by atoms with van der Waals surface area (Å²) in [5.41, 5.74) is 0. The molecular weight excluding hydrogens is 256 g/mol. The van der Waals surface area contributed by atoms with Crippen LogP contribution in [0.1, 0.15) is 6.92 Å². The monoisotopic (exact) mass is 272 g/mol. The number of pyridine rings is 1. The first-order valence-electron chi connectivity index (χ1n) is 5.39. The summed E-state index contributed by atoms with van der Waals surface area (Å²) < 4.78 is 25.7. The zero-order valence-electron chi connectivity index (χ0n) is 10.2. The van der Waals surface area contributed by atoms with Crippen LogP contribution in [0.15, 0.2) is 23.2 Å². The Morgan fingerprint density at radius 3 is 2.61 bits per heavy atom. The van der Waals surface area contributed by atoms with E-state index in [1.165, 1.54) is 19.3 Å². The maximum absolute atomic E-state index is 11.8. The van der Waals surface area contributed by atoms with Gasteiger partial charge in [0.2, 0.25) is 15.9 Å². The van der Waals surface area contributed by atoms with Crippen molar-refractivity contribution in [1.29, 1.82) is 0 Å². The molecule has 3 N–H and O–H groups in total. The first-order valence-corrected chi connectivity index (χ1v) is 6.88. The fourth-order valence-electron chi connectivity index (χ4n) is 1.16. The molecule has 0 spiro atoms. The van der Waals surface area contributed by atoms with Crippen molar-refractivity contribution in [2.45, 2.75) is 11.8 Å². The number of carbonyl (C=O) groups is 1. The molecule has 0 aromatic carbocycles. The minimum absolute atomic E-state index is 0.0213. The molecule has 1 rings (SSSR count). The Morgan fingerprint density at radius 2 is 2.11 bits per heavy atom. The molecule has 100 valence electrons. The number of amides is 1. The quantitative estimate of drug-likeness (QED) is 0.650. The van der Waals surface area contributed by atoms with E-state index in [4.69, 9.17) is 0 Å². The standard InChI is InChI=1S/C10H16N4O3S/c1-3-12-9-5-4-8(6-13-9)18(16,17)14-7-10(15)11-2/h4-6,14H,3,7H2,1-2H3,(H,11,15)(H,12,13). The van der Waals surface area contributed by atoms with Gasteiger partial charge < -0.3 is 10.6 Å². The SMILES string of the molecule is CCNc1ccc(S(=O)(=O)NCC(=O)NC)cn1. The average molecular weight is 272 g/mol. The van der Waals surface area contributed by atoms with Crippen molar-refractivity contribution in [2.75, 3.05) is 25.5 Å². The molecule has 0 radical (unpaired) electrons. The Bertz CT molecular complexity index is 498. The van der Waals surface area contributed by atoms with Crippen LogP contribution in [-0.4, -0.2) is 39.4 Å². The van der Waals surface area contributed by atoms with Gasteiger partial charge in [0.25, 0.3) is 0 Å². The van der Waals surface area contributed by atoms with Crippen LogP contribution in [0.4, 0.5) is 5.82 Å². The van der Waals surface area contributed by atoms with Gasteiger partial charge in [-0.15, -0.1) is 0 Å². The van der Waals surface area contributed by atoms with Crippen molar-refractivity contribution in [3.8, 4) is 0 Å². The highest BCUT2D eigenvalue weighted by Gasteiger charge is 2.15. The molecular formula is C10H16N4O3S. The first kappa shape index (κ1) is 14.4. The van der Waals surface area contributed by atoms with Crippen molar-refractivity contribution in [3.05, 3.63) is 18.3 Å². The molecule has 0 aliphatic rings. The summed E-state index contributed by atoms with van der Waals surface area (Å²) in [7, 11) is -2.26. The molecule has 0 fully saturated rings. The highest BCUT2D eigenvalue weighted by Crippen LogP contribution is 2.09.